The second kappa shape index (κ2) is 10.9. The van der Waals surface area contributed by atoms with E-state index in [-0.39, 0.29) is 23.6 Å². The smallest absolute Gasteiger partial charge is 0.253 e. The number of imidazole rings is 1. The van der Waals surface area contributed by atoms with Crippen molar-refractivity contribution >= 4 is 22.6 Å². The van der Waals surface area contributed by atoms with Crippen molar-refractivity contribution in [2.24, 2.45) is 7.05 Å². The molecule has 1 aliphatic heterocycles. The molecule has 9 heteroatoms. The number of methoxy groups -OCH3 is 1. The van der Waals surface area contributed by atoms with Gasteiger partial charge in [0.15, 0.2) is 11.6 Å². The van der Waals surface area contributed by atoms with Crippen LogP contribution in [0.4, 0.5) is 14.5 Å². The van der Waals surface area contributed by atoms with E-state index in [1.165, 1.54) is 6.07 Å². The number of amides is 1. The number of hydrogen-bond donors (Lipinski definition) is 0. The van der Waals surface area contributed by atoms with Gasteiger partial charge in [-0.3, -0.25) is 9.59 Å². The Morgan fingerprint density at radius 2 is 1.73 bits per heavy atom. The molecule has 0 radical (unpaired) electrons. The summed E-state index contributed by atoms with van der Waals surface area (Å²) in [7, 11) is 3.48. The Kier molecular flexibility index (Phi) is 7.23. The van der Waals surface area contributed by atoms with Crippen molar-refractivity contribution in [3.8, 4) is 11.1 Å². The number of pyridine rings is 1. The molecule has 0 unspecified atom stereocenters. The van der Waals surface area contributed by atoms with E-state index in [1.807, 2.05) is 31.2 Å². The molecule has 1 amide bonds. The highest BCUT2D eigenvalue weighted by molar-refractivity contribution is 5.95. The molecule has 1 aliphatic carbocycles. The van der Waals surface area contributed by atoms with Gasteiger partial charge in [0.05, 0.1) is 23.2 Å². The molecule has 4 aromatic rings. The van der Waals surface area contributed by atoms with Crippen molar-refractivity contribution in [3.05, 3.63) is 82.0 Å². The average molecular weight is 561 g/mol. The first-order valence-electron chi connectivity index (χ1n) is 14.2. The minimum atomic E-state index is -0.986. The summed E-state index contributed by atoms with van der Waals surface area (Å²) >= 11 is 0. The maximum absolute atomic E-state index is 14.3. The van der Waals surface area contributed by atoms with Gasteiger partial charge in [0.25, 0.3) is 5.56 Å². The lowest BCUT2D eigenvalue weighted by atomic mass is 9.91. The molecule has 1 saturated heterocycles. The van der Waals surface area contributed by atoms with Gasteiger partial charge >= 0.3 is 0 Å². The molecular formula is C32H34F2N4O3. The first-order valence-corrected chi connectivity index (χ1v) is 14.2. The van der Waals surface area contributed by atoms with Gasteiger partial charge in [0, 0.05) is 50.1 Å². The van der Waals surface area contributed by atoms with E-state index in [2.05, 4.69) is 4.57 Å². The van der Waals surface area contributed by atoms with E-state index in [4.69, 9.17) is 9.72 Å². The van der Waals surface area contributed by atoms with E-state index in [1.54, 1.807) is 29.8 Å². The number of aromatic nitrogens is 3. The quantitative estimate of drug-likeness (QED) is 0.284. The fourth-order valence-electron chi connectivity index (χ4n) is 6.59. The van der Waals surface area contributed by atoms with E-state index >= 15 is 0 Å². The number of piperidine rings is 1. The van der Waals surface area contributed by atoms with Gasteiger partial charge in [-0.1, -0.05) is 6.07 Å². The van der Waals surface area contributed by atoms with Crippen LogP contribution in [0.5, 0.6) is 0 Å². The van der Waals surface area contributed by atoms with Crippen LogP contribution >= 0.6 is 0 Å². The second-order valence-corrected chi connectivity index (χ2v) is 11.3. The van der Waals surface area contributed by atoms with Crippen LogP contribution in [-0.2, 0) is 16.6 Å². The van der Waals surface area contributed by atoms with E-state index in [0.29, 0.717) is 30.5 Å². The molecule has 1 atom stereocenters. The summed E-state index contributed by atoms with van der Waals surface area (Å²) in [5.74, 6) is -1.32. The Morgan fingerprint density at radius 3 is 2.46 bits per heavy atom. The highest BCUT2D eigenvalue weighted by Crippen LogP contribution is 2.41. The molecule has 0 bridgehead atoms. The summed E-state index contributed by atoms with van der Waals surface area (Å²) in [5, 5.41) is 0. The van der Waals surface area contributed by atoms with Crippen molar-refractivity contribution in [1.29, 1.82) is 0 Å². The zero-order valence-electron chi connectivity index (χ0n) is 23.6. The maximum Gasteiger partial charge on any atom is 0.253 e. The molecule has 2 aromatic heterocycles. The lowest BCUT2D eigenvalue weighted by Crippen LogP contribution is -2.40. The third-order valence-corrected chi connectivity index (χ3v) is 8.81. The summed E-state index contributed by atoms with van der Waals surface area (Å²) in [6.07, 6.45) is 7.29. The third kappa shape index (κ3) is 4.86. The number of ether oxygens (including phenoxy) is 1. The number of carbonyl (C=O) groups excluding carboxylic acids is 1. The number of hydrogen-bond acceptors (Lipinski definition) is 4. The van der Waals surface area contributed by atoms with Gasteiger partial charge in [-0.25, -0.2) is 13.8 Å². The van der Waals surface area contributed by atoms with Gasteiger partial charge in [0.1, 0.15) is 5.82 Å². The number of aryl methyl sites for hydroxylation is 1. The molecular weight excluding hydrogens is 526 g/mol. The number of rotatable bonds is 5. The molecule has 2 aromatic carbocycles. The van der Waals surface area contributed by atoms with Gasteiger partial charge in [-0.15, -0.1) is 0 Å². The monoisotopic (exact) mass is 560 g/mol. The van der Waals surface area contributed by atoms with Gasteiger partial charge in [-0.05, 0) is 86.9 Å². The maximum atomic E-state index is 14.3. The van der Waals surface area contributed by atoms with Crippen molar-refractivity contribution in [3.63, 3.8) is 0 Å². The van der Waals surface area contributed by atoms with E-state index < -0.39 is 17.7 Å². The predicted octanol–water partition coefficient (Wildman–Crippen LogP) is 6.38. The molecule has 1 saturated carbocycles. The highest BCUT2D eigenvalue weighted by Gasteiger charge is 2.36. The third-order valence-electron chi connectivity index (χ3n) is 8.81. The van der Waals surface area contributed by atoms with Crippen LogP contribution in [0, 0.1) is 18.6 Å². The number of halogens is 2. The molecule has 3 heterocycles. The molecule has 0 spiro atoms. The zero-order chi connectivity index (χ0) is 28.8. The fraction of sp³-hybridized carbons (Fsp3) is 0.406. The SMILES string of the molecule is COC1CCC(n2c([C@@H]3CCCC(=O)N3c3ccc(F)c(F)c3)nc3cc(-c4ccn(C)c(=O)c4C)ccc32)CC1. The molecule has 2 fully saturated rings. The van der Waals surface area contributed by atoms with Crippen molar-refractivity contribution in [2.45, 2.75) is 70.1 Å². The predicted molar refractivity (Wildman–Crippen MR) is 154 cm³/mol. The highest BCUT2D eigenvalue weighted by atomic mass is 19.2. The van der Waals surface area contributed by atoms with Crippen molar-refractivity contribution < 1.29 is 18.3 Å². The Bertz CT molecular complexity index is 1690. The normalized spacial score (nSPS) is 21.5. The first-order chi connectivity index (χ1) is 19.8. The van der Waals surface area contributed by atoms with Crippen molar-refractivity contribution in [1.82, 2.24) is 14.1 Å². The number of fused-ring (bicyclic) bond motifs is 1. The van der Waals surface area contributed by atoms with E-state index in [9.17, 15) is 18.4 Å². The van der Waals surface area contributed by atoms with Gasteiger partial charge in [0.2, 0.25) is 5.91 Å². The second-order valence-electron chi connectivity index (χ2n) is 11.3. The Labute approximate surface area is 237 Å². The topological polar surface area (TPSA) is 69.4 Å². The van der Waals surface area contributed by atoms with Gasteiger partial charge < -0.3 is 18.8 Å². The van der Waals surface area contributed by atoms with Crippen LogP contribution < -0.4 is 10.5 Å². The number of anilines is 1. The fourth-order valence-corrected chi connectivity index (χ4v) is 6.59. The lowest BCUT2D eigenvalue weighted by molar-refractivity contribution is -0.120. The Morgan fingerprint density at radius 1 is 0.951 bits per heavy atom. The van der Waals surface area contributed by atoms with Crippen LogP contribution in [0.3, 0.4) is 0 Å². The first kappa shape index (κ1) is 27.3. The summed E-state index contributed by atoms with van der Waals surface area (Å²) in [6.45, 7) is 1.83. The van der Waals surface area contributed by atoms with Crippen LogP contribution in [0.1, 0.15) is 68.4 Å². The largest absolute Gasteiger partial charge is 0.381 e. The van der Waals surface area contributed by atoms with Crippen LogP contribution in [-0.4, -0.2) is 33.2 Å². The van der Waals surface area contributed by atoms with Crippen LogP contribution in [0.2, 0.25) is 0 Å². The van der Waals surface area contributed by atoms with Crippen molar-refractivity contribution in [2.75, 3.05) is 12.0 Å². The minimum Gasteiger partial charge on any atom is -0.381 e. The van der Waals surface area contributed by atoms with Gasteiger partial charge in [-0.2, -0.15) is 0 Å². The lowest BCUT2D eigenvalue weighted by Gasteiger charge is -2.37. The number of benzene rings is 2. The molecule has 2 aliphatic rings. The Balaban J connectivity index is 1.51. The number of carbonyl (C=O) groups is 1. The van der Waals surface area contributed by atoms with E-state index in [0.717, 1.165) is 65.8 Å². The summed E-state index contributed by atoms with van der Waals surface area (Å²) in [5.41, 5.74) is 4.41. The van der Waals surface area contributed by atoms with Crippen LogP contribution in [0.25, 0.3) is 22.2 Å². The molecule has 6 rings (SSSR count). The molecule has 7 nitrogen and oxygen atoms in total. The summed E-state index contributed by atoms with van der Waals surface area (Å²) < 4.78 is 37.6. The summed E-state index contributed by atoms with van der Waals surface area (Å²) in [4.78, 5) is 32.7. The minimum absolute atomic E-state index is 0.0494. The Hall–Kier alpha value is -3.85. The van der Waals surface area contributed by atoms with Crippen LogP contribution in [0.15, 0.2) is 53.5 Å². The molecule has 214 valence electrons. The average Bonchev–Trinajstić information content (AvgIpc) is 3.36. The summed E-state index contributed by atoms with van der Waals surface area (Å²) in [6, 6.07) is 11.4. The number of nitrogens with zero attached hydrogens (tertiary/aromatic N) is 4. The molecule has 0 N–H and O–H groups in total. The zero-order valence-corrected chi connectivity index (χ0v) is 23.6. The standard InChI is InChI=1S/C32H34F2N4O3/c1-19-24(15-16-36(2)32(19)40)20-7-14-28-27(17-20)35-31(38(28)21-8-11-23(41-3)12-9-21)29-5-4-6-30(39)37(29)22-10-13-25(33)26(34)18-22/h7,10,13-18,21,23,29H,4-6,8-9,11-12H2,1-3H3/t21?,23?,29-/m0/s1. The molecule has 41 heavy (non-hydrogen) atoms.